The third-order valence-electron chi connectivity index (χ3n) is 7.83. The van der Waals surface area contributed by atoms with Crippen molar-refractivity contribution in [1.29, 1.82) is 0 Å². The molecule has 0 N–H and O–H groups in total. The highest BCUT2D eigenvalue weighted by atomic mass is 16.5. The molecule has 3 amide bonds. The van der Waals surface area contributed by atoms with Crippen LogP contribution in [-0.2, 0) is 19.1 Å². The van der Waals surface area contributed by atoms with Crippen LogP contribution < -0.4 is 0 Å². The van der Waals surface area contributed by atoms with Crippen LogP contribution in [0.1, 0.15) is 51.9 Å². The van der Waals surface area contributed by atoms with Gasteiger partial charge < -0.3 is 19.4 Å². The lowest BCUT2D eigenvalue weighted by atomic mass is 9.62. The Morgan fingerprint density at radius 1 is 0.966 bits per heavy atom. The third kappa shape index (κ3) is 4.30. The summed E-state index contributed by atoms with van der Waals surface area (Å²) in [5.41, 5.74) is 0.251. The molecule has 0 aromatic rings. The van der Waals surface area contributed by atoms with Crippen LogP contribution in [0.4, 0.5) is 0 Å². The second-order valence-electron chi connectivity index (χ2n) is 9.44. The fourth-order valence-corrected chi connectivity index (χ4v) is 5.76. The number of amides is 3. The molecule has 7 nitrogen and oxygen atoms in total. The molecule has 0 aromatic heterocycles. The van der Waals surface area contributed by atoms with Gasteiger partial charge in [0.05, 0.1) is 13.2 Å². The number of morpholine rings is 1. The van der Waals surface area contributed by atoms with Crippen molar-refractivity contribution in [2.24, 2.45) is 17.3 Å². The van der Waals surface area contributed by atoms with Gasteiger partial charge in [0.15, 0.2) is 0 Å². The standard InChI is InChI=1S/C22H35N3O4/c1-17(26)23-9-5-18(6-10-23)21(28)25-15-19(22(16-25)7-2-8-22)3-4-20(27)24-11-13-29-14-12-24/h18-19H,2-16H2,1H3. The van der Waals surface area contributed by atoms with E-state index in [9.17, 15) is 14.4 Å². The first-order valence-corrected chi connectivity index (χ1v) is 11.4. The van der Waals surface area contributed by atoms with Crippen molar-refractivity contribution < 1.29 is 19.1 Å². The van der Waals surface area contributed by atoms with Gasteiger partial charge in [-0.15, -0.1) is 0 Å². The van der Waals surface area contributed by atoms with Crippen LogP contribution in [0.25, 0.3) is 0 Å². The Balaban J connectivity index is 1.31. The Bertz CT molecular complexity index is 634. The van der Waals surface area contributed by atoms with Crippen LogP contribution >= 0.6 is 0 Å². The van der Waals surface area contributed by atoms with Crippen LogP contribution in [0.3, 0.4) is 0 Å². The summed E-state index contributed by atoms with van der Waals surface area (Å²) < 4.78 is 5.35. The molecule has 1 unspecified atom stereocenters. The van der Waals surface area contributed by atoms with Gasteiger partial charge >= 0.3 is 0 Å². The smallest absolute Gasteiger partial charge is 0.225 e. The van der Waals surface area contributed by atoms with E-state index in [0.717, 1.165) is 32.4 Å². The van der Waals surface area contributed by atoms with Crippen molar-refractivity contribution in [3.05, 3.63) is 0 Å². The van der Waals surface area contributed by atoms with Crippen LogP contribution in [0.5, 0.6) is 0 Å². The van der Waals surface area contributed by atoms with Crippen molar-refractivity contribution in [2.45, 2.75) is 51.9 Å². The maximum absolute atomic E-state index is 13.2. The molecule has 0 radical (unpaired) electrons. The topological polar surface area (TPSA) is 70.2 Å². The van der Waals surface area contributed by atoms with E-state index in [1.54, 1.807) is 6.92 Å². The quantitative estimate of drug-likeness (QED) is 0.711. The SMILES string of the molecule is CC(=O)N1CCC(C(=O)N2CC(CCC(=O)N3CCOCC3)C3(CCC3)C2)CC1. The van der Waals surface area contributed by atoms with E-state index in [4.69, 9.17) is 4.74 Å². The lowest BCUT2D eigenvalue weighted by molar-refractivity contribution is -0.139. The summed E-state index contributed by atoms with van der Waals surface area (Å²) in [6, 6.07) is 0. The molecular formula is C22H35N3O4. The predicted molar refractivity (Wildman–Crippen MR) is 108 cm³/mol. The number of hydrogen-bond acceptors (Lipinski definition) is 4. The maximum Gasteiger partial charge on any atom is 0.225 e. The lowest BCUT2D eigenvalue weighted by Crippen LogP contribution is -2.44. The molecule has 162 valence electrons. The van der Waals surface area contributed by atoms with Gasteiger partial charge in [0.2, 0.25) is 17.7 Å². The molecule has 3 heterocycles. The highest BCUT2D eigenvalue weighted by Gasteiger charge is 2.51. The molecule has 4 rings (SSSR count). The van der Waals surface area contributed by atoms with Crippen LogP contribution in [-0.4, -0.2) is 84.9 Å². The molecule has 0 aromatic carbocycles. The Kier molecular flexibility index (Phi) is 6.13. The van der Waals surface area contributed by atoms with Gasteiger partial charge in [-0.25, -0.2) is 0 Å². The predicted octanol–water partition coefficient (Wildman–Crippen LogP) is 1.51. The van der Waals surface area contributed by atoms with Crippen molar-refractivity contribution in [3.63, 3.8) is 0 Å². The molecule has 3 aliphatic heterocycles. The molecule has 29 heavy (non-hydrogen) atoms. The zero-order valence-corrected chi connectivity index (χ0v) is 17.7. The number of ether oxygens (including phenoxy) is 1. The van der Waals surface area contributed by atoms with E-state index >= 15 is 0 Å². The minimum Gasteiger partial charge on any atom is -0.378 e. The zero-order valence-electron chi connectivity index (χ0n) is 17.7. The number of hydrogen-bond donors (Lipinski definition) is 0. The molecule has 1 aliphatic carbocycles. The summed E-state index contributed by atoms with van der Waals surface area (Å²) in [4.78, 5) is 43.2. The normalized spacial score (nSPS) is 27.2. The van der Waals surface area contributed by atoms with E-state index < -0.39 is 0 Å². The number of piperidine rings is 1. The van der Waals surface area contributed by atoms with Crippen molar-refractivity contribution in [2.75, 3.05) is 52.5 Å². The van der Waals surface area contributed by atoms with Gasteiger partial charge in [-0.2, -0.15) is 0 Å². The Morgan fingerprint density at radius 3 is 2.24 bits per heavy atom. The number of carbonyl (C=O) groups is 3. The number of carbonyl (C=O) groups excluding carboxylic acids is 3. The fourth-order valence-electron chi connectivity index (χ4n) is 5.76. The van der Waals surface area contributed by atoms with E-state index in [-0.39, 0.29) is 29.1 Å². The molecule has 1 saturated carbocycles. The maximum atomic E-state index is 13.2. The average Bonchev–Trinajstić information content (AvgIpc) is 3.12. The summed E-state index contributed by atoms with van der Waals surface area (Å²) in [6.07, 6.45) is 6.66. The van der Waals surface area contributed by atoms with Gasteiger partial charge in [-0.3, -0.25) is 14.4 Å². The molecule has 1 atom stereocenters. The first-order valence-electron chi connectivity index (χ1n) is 11.4. The monoisotopic (exact) mass is 405 g/mol. The van der Waals surface area contributed by atoms with Gasteiger partial charge in [0, 0.05) is 58.5 Å². The highest BCUT2D eigenvalue weighted by molar-refractivity contribution is 5.80. The number of nitrogens with zero attached hydrogens (tertiary/aromatic N) is 3. The van der Waals surface area contributed by atoms with Crippen molar-refractivity contribution in [1.82, 2.24) is 14.7 Å². The second-order valence-corrected chi connectivity index (χ2v) is 9.44. The summed E-state index contributed by atoms with van der Waals surface area (Å²) in [7, 11) is 0. The summed E-state index contributed by atoms with van der Waals surface area (Å²) in [5.74, 6) is 1.13. The van der Waals surface area contributed by atoms with Gasteiger partial charge in [-0.05, 0) is 43.4 Å². The van der Waals surface area contributed by atoms with Gasteiger partial charge in [0.25, 0.3) is 0 Å². The van der Waals surface area contributed by atoms with E-state index in [1.165, 1.54) is 19.3 Å². The van der Waals surface area contributed by atoms with Crippen molar-refractivity contribution in [3.8, 4) is 0 Å². The average molecular weight is 406 g/mol. The summed E-state index contributed by atoms with van der Waals surface area (Å²) in [6.45, 7) is 7.37. The van der Waals surface area contributed by atoms with Gasteiger partial charge in [-0.1, -0.05) is 6.42 Å². The van der Waals surface area contributed by atoms with E-state index in [0.29, 0.717) is 51.7 Å². The number of rotatable bonds is 4. The molecule has 1 spiro atoms. The Morgan fingerprint density at radius 2 is 1.66 bits per heavy atom. The zero-order chi connectivity index (χ0) is 20.4. The van der Waals surface area contributed by atoms with E-state index in [1.807, 2.05) is 9.80 Å². The molecule has 7 heteroatoms. The minimum atomic E-state index is 0.0523. The third-order valence-corrected chi connectivity index (χ3v) is 7.83. The first-order chi connectivity index (χ1) is 14.0. The van der Waals surface area contributed by atoms with Crippen LogP contribution in [0.2, 0.25) is 0 Å². The minimum absolute atomic E-state index is 0.0523. The highest BCUT2D eigenvalue weighted by Crippen LogP contribution is 2.53. The first kappa shape index (κ1) is 20.6. The summed E-state index contributed by atoms with van der Waals surface area (Å²) in [5, 5.41) is 0. The molecule has 3 saturated heterocycles. The van der Waals surface area contributed by atoms with Crippen LogP contribution in [0.15, 0.2) is 0 Å². The van der Waals surface area contributed by atoms with E-state index in [2.05, 4.69) is 4.90 Å². The largest absolute Gasteiger partial charge is 0.378 e. The Labute approximate surface area is 173 Å². The van der Waals surface area contributed by atoms with Crippen LogP contribution in [0, 0.1) is 17.3 Å². The molecule has 4 aliphatic rings. The lowest BCUT2D eigenvalue weighted by Gasteiger charge is -2.43. The summed E-state index contributed by atoms with van der Waals surface area (Å²) >= 11 is 0. The van der Waals surface area contributed by atoms with Gasteiger partial charge in [0.1, 0.15) is 0 Å². The second kappa shape index (κ2) is 8.62. The van der Waals surface area contributed by atoms with Crippen molar-refractivity contribution >= 4 is 17.7 Å². The number of likely N-dealkylation sites (tertiary alicyclic amines) is 2. The fraction of sp³-hybridized carbons (Fsp3) is 0.864. The molecule has 4 fully saturated rings. The molecule has 0 bridgehead atoms. The molecular weight excluding hydrogens is 370 g/mol. The Hall–Kier alpha value is -1.63.